The van der Waals surface area contributed by atoms with Crippen molar-refractivity contribution in [1.29, 1.82) is 0 Å². The molecule has 142 valence electrons. The molecule has 2 amide bonds. The summed E-state index contributed by atoms with van der Waals surface area (Å²) >= 11 is 0. The molecule has 0 aliphatic rings. The van der Waals surface area contributed by atoms with Crippen LogP contribution in [0.25, 0.3) is 0 Å². The monoisotopic (exact) mass is 377 g/mol. The van der Waals surface area contributed by atoms with Crippen LogP contribution in [0.3, 0.4) is 0 Å². The van der Waals surface area contributed by atoms with Gasteiger partial charge in [0.25, 0.3) is 5.91 Å². The predicted octanol–water partition coefficient (Wildman–Crippen LogP) is 3.44. The summed E-state index contributed by atoms with van der Waals surface area (Å²) in [6.45, 7) is 1.45. The maximum atomic E-state index is 12.3. The predicted molar refractivity (Wildman–Crippen MR) is 107 cm³/mol. The number of methoxy groups -OCH3 is 1. The molecular weight excluding hydrogens is 358 g/mol. The van der Waals surface area contributed by atoms with Crippen molar-refractivity contribution in [2.45, 2.75) is 6.92 Å². The molecule has 0 aliphatic heterocycles. The SMILES string of the molecule is COc1cccc(NC(=O)c2cnc(Nc3ccc(NC(C)=O)cc3)nc2)c1. The maximum absolute atomic E-state index is 12.3. The molecule has 8 nitrogen and oxygen atoms in total. The fourth-order valence-electron chi connectivity index (χ4n) is 2.38. The molecule has 0 atom stereocenters. The summed E-state index contributed by atoms with van der Waals surface area (Å²) in [6, 6.07) is 14.2. The number of nitrogens with one attached hydrogen (secondary N) is 3. The van der Waals surface area contributed by atoms with Crippen LogP contribution in [-0.4, -0.2) is 28.9 Å². The smallest absolute Gasteiger partial charge is 0.258 e. The molecule has 0 spiro atoms. The molecule has 0 saturated carbocycles. The van der Waals surface area contributed by atoms with Crippen LogP contribution in [-0.2, 0) is 4.79 Å². The average Bonchev–Trinajstić information content (AvgIpc) is 2.70. The summed E-state index contributed by atoms with van der Waals surface area (Å²) in [5, 5.41) is 8.49. The highest BCUT2D eigenvalue weighted by atomic mass is 16.5. The maximum Gasteiger partial charge on any atom is 0.258 e. The van der Waals surface area contributed by atoms with Crippen molar-refractivity contribution in [3.8, 4) is 5.75 Å². The van der Waals surface area contributed by atoms with Crippen molar-refractivity contribution >= 4 is 34.8 Å². The third-order valence-corrected chi connectivity index (χ3v) is 3.70. The Morgan fingerprint density at radius 1 is 0.893 bits per heavy atom. The fourth-order valence-corrected chi connectivity index (χ4v) is 2.38. The first kappa shape index (κ1) is 18.8. The zero-order valence-electron chi connectivity index (χ0n) is 15.4. The minimum absolute atomic E-state index is 0.133. The van der Waals surface area contributed by atoms with Crippen LogP contribution in [0.4, 0.5) is 23.0 Å². The number of benzene rings is 2. The van der Waals surface area contributed by atoms with Gasteiger partial charge in [-0.2, -0.15) is 0 Å². The van der Waals surface area contributed by atoms with E-state index in [0.29, 0.717) is 28.6 Å². The van der Waals surface area contributed by atoms with Gasteiger partial charge in [-0.15, -0.1) is 0 Å². The van der Waals surface area contributed by atoms with Crippen LogP contribution < -0.4 is 20.7 Å². The molecule has 0 bridgehead atoms. The van der Waals surface area contributed by atoms with E-state index in [2.05, 4.69) is 25.9 Å². The van der Waals surface area contributed by atoms with E-state index in [9.17, 15) is 9.59 Å². The van der Waals surface area contributed by atoms with E-state index in [4.69, 9.17) is 4.74 Å². The Labute approximate surface area is 162 Å². The molecule has 0 fully saturated rings. The highest BCUT2D eigenvalue weighted by molar-refractivity contribution is 6.04. The highest BCUT2D eigenvalue weighted by Gasteiger charge is 2.08. The molecule has 28 heavy (non-hydrogen) atoms. The van der Waals surface area contributed by atoms with Crippen LogP contribution in [0, 0.1) is 0 Å². The number of hydrogen-bond donors (Lipinski definition) is 3. The van der Waals surface area contributed by atoms with Crippen LogP contribution >= 0.6 is 0 Å². The lowest BCUT2D eigenvalue weighted by Crippen LogP contribution is -2.13. The number of nitrogens with zero attached hydrogens (tertiary/aromatic N) is 2. The molecule has 3 rings (SSSR count). The van der Waals surface area contributed by atoms with Crippen LogP contribution in [0.1, 0.15) is 17.3 Å². The highest BCUT2D eigenvalue weighted by Crippen LogP contribution is 2.18. The zero-order valence-corrected chi connectivity index (χ0v) is 15.4. The summed E-state index contributed by atoms with van der Waals surface area (Å²) in [7, 11) is 1.56. The number of amides is 2. The second-order valence-electron chi connectivity index (χ2n) is 5.86. The number of carbonyl (C=O) groups is 2. The normalized spacial score (nSPS) is 10.1. The van der Waals surface area contributed by atoms with Crippen LogP contribution in [0.15, 0.2) is 60.9 Å². The van der Waals surface area contributed by atoms with E-state index >= 15 is 0 Å². The Balaban J connectivity index is 1.62. The minimum Gasteiger partial charge on any atom is -0.497 e. The number of rotatable bonds is 6. The second-order valence-corrected chi connectivity index (χ2v) is 5.86. The van der Waals surface area contributed by atoms with E-state index in [-0.39, 0.29) is 11.8 Å². The van der Waals surface area contributed by atoms with Gasteiger partial charge in [0, 0.05) is 42.4 Å². The molecule has 0 saturated heterocycles. The minimum atomic E-state index is -0.320. The van der Waals surface area contributed by atoms with Crippen molar-refractivity contribution in [2.24, 2.45) is 0 Å². The number of aromatic nitrogens is 2. The van der Waals surface area contributed by atoms with Gasteiger partial charge < -0.3 is 20.7 Å². The van der Waals surface area contributed by atoms with E-state index in [1.54, 1.807) is 55.6 Å². The Morgan fingerprint density at radius 2 is 1.57 bits per heavy atom. The van der Waals surface area contributed by atoms with Gasteiger partial charge in [0.15, 0.2) is 0 Å². The Morgan fingerprint density at radius 3 is 2.21 bits per heavy atom. The van der Waals surface area contributed by atoms with Crippen molar-refractivity contribution < 1.29 is 14.3 Å². The molecule has 1 aromatic heterocycles. The van der Waals surface area contributed by atoms with Gasteiger partial charge in [-0.3, -0.25) is 9.59 Å². The largest absolute Gasteiger partial charge is 0.497 e. The van der Waals surface area contributed by atoms with Crippen LogP contribution in [0.2, 0.25) is 0 Å². The van der Waals surface area contributed by atoms with Gasteiger partial charge >= 0.3 is 0 Å². The third kappa shape index (κ3) is 5.04. The summed E-state index contributed by atoms with van der Waals surface area (Å²) < 4.78 is 5.14. The fraction of sp³-hybridized carbons (Fsp3) is 0.100. The van der Waals surface area contributed by atoms with E-state index in [1.807, 2.05) is 0 Å². The van der Waals surface area contributed by atoms with Gasteiger partial charge in [0.1, 0.15) is 5.75 Å². The molecule has 2 aromatic carbocycles. The first-order valence-electron chi connectivity index (χ1n) is 8.45. The summed E-state index contributed by atoms with van der Waals surface area (Å²) in [5.41, 5.74) is 2.39. The molecule has 8 heteroatoms. The van der Waals surface area contributed by atoms with Gasteiger partial charge in [-0.05, 0) is 36.4 Å². The van der Waals surface area contributed by atoms with E-state index in [0.717, 1.165) is 5.69 Å². The zero-order chi connectivity index (χ0) is 19.9. The van der Waals surface area contributed by atoms with Crippen molar-refractivity contribution in [3.63, 3.8) is 0 Å². The summed E-state index contributed by atoms with van der Waals surface area (Å²) in [5.74, 6) is 0.551. The Kier molecular flexibility index (Phi) is 5.81. The van der Waals surface area contributed by atoms with Gasteiger partial charge in [-0.1, -0.05) is 6.07 Å². The molecule has 3 aromatic rings. The molecule has 0 radical (unpaired) electrons. The van der Waals surface area contributed by atoms with Gasteiger partial charge in [-0.25, -0.2) is 9.97 Å². The lowest BCUT2D eigenvalue weighted by atomic mass is 10.2. The standard InChI is InChI=1S/C20H19N5O3/c1-13(26)23-15-6-8-16(9-7-15)25-20-21-11-14(12-22-20)19(27)24-17-4-3-5-18(10-17)28-2/h3-12H,1-2H3,(H,23,26)(H,24,27)(H,21,22,25). The second kappa shape index (κ2) is 8.63. The lowest BCUT2D eigenvalue weighted by molar-refractivity contribution is -0.114. The van der Waals surface area contributed by atoms with E-state index in [1.165, 1.54) is 19.3 Å². The molecule has 0 aliphatic carbocycles. The van der Waals surface area contributed by atoms with E-state index < -0.39 is 0 Å². The topological polar surface area (TPSA) is 105 Å². The van der Waals surface area contributed by atoms with Crippen molar-refractivity contribution in [1.82, 2.24) is 9.97 Å². The summed E-state index contributed by atoms with van der Waals surface area (Å²) in [4.78, 5) is 31.7. The van der Waals surface area contributed by atoms with Crippen molar-refractivity contribution in [2.75, 3.05) is 23.1 Å². The third-order valence-electron chi connectivity index (χ3n) is 3.70. The lowest BCUT2D eigenvalue weighted by Gasteiger charge is -2.08. The number of ether oxygens (including phenoxy) is 1. The summed E-state index contributed by atoms with van der Waals surface area (Å²) in [6.07, 6.45) is 2.88. The van der Waals surface area contributed by atoms with Gasteiger partial charge in [0.2, 0.25) is 11.9 Å². The molecule has 0 unspecified atom stereocenters. The molecular formula is C20H19N5O3. The molecule has 1 heterocycles. The van der Waals surface area contributed by atoms with Crippen LogP contribution in [0.5, 0.6) is 5.75 Å². The van der Waals surface area contributed by atoms with Crippen molar-refractivity contribution in [3.05, 3.63) is 66.5 Å². The first-order chi connectivity index (χ1) is 13.5. The van der Waals surface area contributed by atoms with Gasteiger partial charge in [0.05, 0.1) is 12.7 Å². The Bertz CT molecular complexity index is 972. The number of carbonyl (C=O) groups excluding carboxylic acids is 2. The first-order valence-corrected chi connectivity index (χ1v) is 8.45. The Hall–Kier alpha value is -3.94. The number of hydrogen-bond acceptors (Lipinski definition) is 6. The number of anilines is 4. The quantitative estimate of drug-likeness (QED) is 0.608. The average molecular weight is 377 g/mol. The molecule has 3 N–H and O–H groups in total.